The van der Waals surface area contributed by atoms with Crippen molar-refractivity contribution in [3.05, 3.63) is 58.4 Å². The molecule has 0 saturated heterocycles. The largest absolute Gasteiger partial charge is 0.478 e. The second kappa shape index (κ2) is 6.28. The highest BCUT2D eigenvalue weighted by Crippen LogP contribution is 2.27. The SMILES string of the molecule is C#Cc1cccc(NS(=O)(=O)c2cc(C(=O)O)c(F)cc2Cl)c1. The molecule has 0 aliphatic carbocycles. The molecule has 0 aliphatic heterocycles. The minimum Gasteiger partial charge on any atom is -0.478 e. The van der Waals surface area contributed by atoms with Crippen LogP contribution in [0, 0.1) is 18.2 Å². The van der Waals surface area contributed by atoms with Gasteiger partial charge in [-0.15, -0.1) is 6.42 Å². The van der Waals surface area contributed by atoms with Crippen LogP contribution in [0.3, 0.4) is 0 Å². The highest BCUT2D eigenvalue weighted by Gasteiger charge is 2.23. The van der Waals surface area contributed by atoms with Gasteiger partial charge in [0, 0.05) is 5.56 Å². The zero-order chi connectivity index (χ0) is 17.2. The number of aromatic carboxylic acids is 1. The fourth-order valence-electron chi connectivity index (χ4n) is 1.78. The molecule has 0 unspecified atom stereocenters. The van der Waals surface area contributed by atoms with E-state index in [2.05, 4.69) is 10.6 Å². The molecule has 2 aromatic rings. The van der Waals surface area contributed by atoms with Gasteiger partial charge in [-0.1, -0.05) is 23.6 Å². The van der Waals surface area contributed by atoms with E-state index in [-0.39, 0.29) is 5.69 Å². The predicted molar refractivity (Wildman–Crippen MR) is 83.6 cm³/mol. The third-order valence-electron chi connectivity index (χ3n) is 2.82. The average molecular weight is 354 g/mol. The zero-order valence-electron chi connectivity index (χ0n) is 11.4. The van der Waals surface area contributed by atoms with E-state index in [0.717, 1.165) is 0 Å². The molecule has 0 bridgehead atoms. The summed E-state index contributed by atoms with van der Waals surface area (Å²) in [4.78, 5) is 10.4. The number of anilines is 1. The summed E-state index contributed by atoms with van der Waals surface area (Å²) in [5.41, 5.74) is -0.188. The molecule has 2 rings (SSSR count). The Morgan fingerprint density at radius 1 is 1.30 bits per heavy atom. The molecule has 2 N–H and O–H groups in total. The summed E-state index contributed by atoms with van der Waals surface area (Å²) < 4.78 is 40.4. The van der Waals surface area contributed by atoms with Crippen molar-refractivity contribution in [1.29, 1.82) is 0 Å². The molecular weight excluding hydrogens is 345 g/mol. The van der Waals surface area contributed by atoms with Crippen LogP contribution in [0.15, 0.2) is 41.3 Å². The van der Waals surface area contributed by atoms with Crippen molar-refractivity contribution in [3.8, 4) is 12.3 Å². The minimum atomic E-state index is -4.22. The molecular formula is C15H9ClFNO4S. The van der Waals surface area contributed by atoms with Gasteiger partial charge in [-0.25, -0.2) is 17.6 Å². The van der Waals surface area contributed by atoms with Crippen LogP contribution in [0.5, 0.6) is 0 Å². The van der Waals surface area contributed by atoms with E-state index in [0.29, 0.717) is 17.7 Å². The van der Waals surface area contributed by atoms with Crippen molar-refractivity contribution < 1.29 is 22.7 Å². The summed E-state index contributed by atoms with van der Waals surface area (Å²) in [7, 11) is -4.22. The topological polar surface area (TPSA) is 83.5 Å². The maximum atomic E-state index is 13.5. The minimum absolute atomic E-state index is 0.165. The summed E-state index contributed by atoms with van der Waals surface area (Å²) in [6.07, 6.45) is 5.23. The molecule has 0 fully saturated rings. The van der Waals surface area contributed by atoms with Gasteiger partial charge in [-0.3, -0.25) is 4.72 Å². The van der Waals surface area contributed by atoms with E-state index in [1.54, 1.807) is 12.1 Å². The van der Waals surface area contributed by atoms with Crippen molar-refractivity contribution in [3.63, 3.8) is 0 Å². The lowest BCUT2D eigenvalue weighted by Gasteiger charge is -2.11. The summed E-state index contributed by atoms with van der Waals surface area (Å²) in [5.74, 6) is -0.388. The molecule has 2 aromatic carbocycles. The highest BCUT2D eigenvalue weighted by atomic mass is 35.5. The molecule has 118 valence electrons. The average Bonchev–Trinajstić information content (AvgIpc) is 2.46. The van der Waals surface area contributed by atoms with Crippen LogP contribution < -0.4 is 4.72 Å². The number of nitrogens with one attached hydrogen (secondary N) is 1. The lowest BCUT2D eigenvalue weighted by Crippen LogP contribution is -2.15. The Morgan fingerprint density at radius 3 is 2.61 bits per heavy atom. The van der Waals surface area contributed by atoms with E-state index in [1.807, 2.05) is 0 Å². The second-order valence-corrected chi connectivity index (χ2v) is 6.46. The van der Waals surface area contributed by atoms with Gasteiger partial charge in [-0.05, 0) is 30.3 Å². The number of rotatable bonds is 4. The number of terminal acetylenes is 1. The molecule has 0 atom stereocenters. The third kappa shape index (κ3) is 3.62. The molecule has 0 aliphatic rings. The Kier molecular flexibility index (Phi) is 4.59. The Hall–Kier alpha value is -2.56. The first kappa shape index (κ1) is 16.8. The van der Waals surface area contributed by atoms with Gasteiger partial charge in [0.1, 0.15) is 10.7 Å². The standard InChI is InChI=1S/C15H9ClFNO4S/c1-2-9-4-3-5-10(6-9)18-23(21,22)14-7-11(15(19)20)13(17)8-12(14)16/h1,3-8,18H,(H,19,20). The Morgan fingerprint density at radius 2 is 2.00 bits per heavy atom. The summed E-state index contributed by atoms with van der Waals surface area (Å²) in [6, 6.07) is 7.30. The molecule has 0 saturated carbocycles. The van der Waals surface area contributed by atoms with Gasteiger partial charge in [0.25, 0.3) is 10.0 Å². The Balaban J connectivity index is 2.49. The number of benzene rings is 2. The predicted octanol–water partition coefficient (Wildman–Crippen LogP) is 2.96. The molecule has 8 heteroatoms. The number of carbonyl (C=O) groups is 1. The van der Waals surface area contributed by atoms with Crippen molar-refractivity contribution in [2.24, 2.45) is 0 Å². The summed E-state index contributed by atoms with van der Waals surface area (Å²) in [5, 5.41) is 8.45. The number of halogens is 2. The van der Waals surface area contributed by atoms with Crippen LogP contribution in [-0.4, -0.2) is 19.5 Å². The normalized spacial score (nSPS) is 10.8. The van der Waals surface area contributed by atoms with Crippen LogP contribution in [0.1, 0.15) is 15.9 Å². The quantitative estimate of drug-likeness (QED) is 0.828. The van der Waals surface area contributed by atoms with Gasteiger partial charge in [0.2, 0.25) is 0 Å². The first-order chi connectivity index (χ1) is 10.7. The fourth-order valence-corrected chi connectivity index (χ4v) is 3.37. The molecule has 23 heavy (non-hydrogen) atoms. The smallest absolute Gasteiger partial charge is 0.338 e. The van der Waals surface area contributed by atoms with E-state index in [9.17, 15) is 17.6 Å². The first-order valence-electron chi connectivity index (χ1n) is 6.06. The summed E-state index contributed by atoms with van der Waals surface area (Å²) in [6.45, 7) is 0. The van der Waals surface area contributed by atoms with Crippen molar-refractivity contribution in [1.82, 2.24) is 0 Å². The van der Waals surface area contributed by atoms with Gasteiger partial charge < -0.3 is 5.11 Å². The van der Waals surface area contributed by atoms with E-state index >= 15 is 0 Å². The van der Waals surface area contributed by atoms with Crippen LogP contribution >= 0.6 is 11.6 Å². The van der Waals surface area contributed by atoms with Gasteiger partial charge in [-0.2, -0.15) is 0 Å². The number of sulfonamides is 1. The van der Waals surface area contributed by atoms with Crippen LogP contribution in [0.25, 0.3) is 0 Å². The number of carboxylic acids is 1. The lowest BCUT2D eigenvalue weighted by molar-refractivity contribution is 0.0691. The van der Waals surface area contributed by atoms with E-state index in [4.69, 9.17) is 23.1 Å². The molecule has 0 spiro atoms. The van der Waals surface area contributed by atoms with Gasteiger partial charge in [0.15, 0.2) is 0 Å². The first-order valence-corrected chi connectivity index (χ1v) is 7.92. The second-order valence-electron chi connectivity index (χ2n) is 4.40. The third-order valence-corrected chi connectivity index (χ3v) is 4.67. The van der Waals surface area contributed by atoms with Gasteiger partial charge >= 0.3 is 5.97 Å². The molecule has 0 aromatic heterocycles. The monoisotopic (exact) mass is 353 g/mol. The maximum Gasteiger partial charge on any atom is 0.338 e. The Bertz CT molecular complexity index is 935. The summed E-state index contributed by atoms with van der Waals surface area (Å²) >= 11 is 5.73. The van der Waals surface area contributed by atoms with Gasteiger partial charge in [0.05, 0.1) is 16.3 Å². The number of hydrogen-bond acceptors (Lipinski definition) is 3. The molecule has 5 nitrogen and oxygen atoms in total. The zero-order valence-corrected chi connectivity index (χ0v) is 13.0. The number of carboxylic acid groups (broad SMARTS) is 1. The van der Waals surface area contributed by atoms with Crippen LogP contribution in [-0.2, 0) is 10.0 Å². The molecule has 0 heterocycles. The molecule has 0 radical (unpaired) electrons. The fraction of sp³-hybridized carbons (Fsp3) is 0. The van der Waals surface area contributed by atoms with Crippen LogP contribution in [0.2, 0.25) is 5.02 Å². The van der Waals surface area contributed by atoms with Crippen molar-refractivity contribution in [2.45, 2.75) is 4.90 Å². The van der Waals surface area contributed by atoms with Crippen LogP contribution in [0.4, 0.5) is 10.1 Å². The molecule has 0 amide bonds. The maximum absolute atomic E-state index is 13.5. The van der Waals surface area contributed by atoms with Crippen molar-refractivity contribution in [2.75, 3.05) is 4.72 Å². The Labute approximate surface area is 136 Å². The van der Waals surface area contributed by atoms with E-state index < -0.39 is 37.3 Å². The van der Waals surface area contributed by atoms with E-state index in [1.165, 1.54) is 12.1 Å². The van der Waals surface area contributed by atoms with Crippen molar-refractivity contribution >= 4 is 33.3 Å². The lowest BCUT2D eigenvalue weighted by atomic mass is 10.2. The number of hydrogen-bond donors (Lipinski definition) is 2. The highest BCUT2D eigenvalue weighted by molar-refractivity contribution is 7.92.